The van der Waals surface area contributed by atoms with Crippen molar-refractivity contribution in [2.45, 2.75) is 25.1 Å². The van der Waals surface area contributed by atoms with Crippen LogP contribution in [0.3, 0.4) is 0 Å². The molecule has 0 amide bonds. The number of thiophene rings is 1. The number of rotatable bonds is 2. The van der Waals surface area contributed by atoms with E-state index < -0.39 is 11.9 Å². The van der Waals surface area contributed by atoms with Crippen molar-refractivity contribution in [2.75, 3.05) is 11.4 Å². The summed E-state index contributed by atoms with van der Waals surface area (Å²) in [5.74, 6) is 0.163. The van der Waals surface area contributed by atoms with Crippen LogP contribution in [-0.2, 0) is 6.18 Å². The van der Waals surface area contributed by atoms with Crippen LogP contribution in [0.25, 0.3) is 0 Å². The van der Waals surface area contributed by atoms with Crippen molar-refractivity contribution in [3.05, 3.63) is 40.3 Å². The molecule has 1 aliphatic heterocycles. The van der Waals surface area contributed by atoms with Crippen molar-refractivity contribution in [3.63, 3.8) is 0 Å². The lowest BCUT2D eigenvalue weighted by Gasteiger charge is -2.24. The smallest absolute Gasteiger partial charge is 0.333 e. The number of hydrogen-bond acceptors (Lipinski definition) is 4. The molecule has 0 saturated carbocycles. The Morgan fingerprint density at radius 3 is 2.85 bits per heavy atom. The van der Waals surface area contributed by atoms with E-state index in [9.17, 15) is 13.2 Å². The van der Waals surface area contributed by atoms with Gasteiger partial charge in [0.15, 0.2) is 0 Å². The first kappa shape index (κ1) is 13.4. The Morgan fingerprint density at radius 2 is 2.15 bits per heavy atom. The Morgan fingerprint density at radius 1 is 1.30 bits per heavy atom. The van der Waals surface area contributed by atoms with Crippen LogP contribution < -0.4 is 4.90 Å². The third-order valence-corrected chi connectivity index (χ3v) is 4.29. The first-order valence-electron chi connectivity index (χ1n) is 6.26. The van der Waals surface area contributed by atoms with Crippen molar-refractivity contribution in [2.24, 2.45) is 0 Å². The normalized spacial score (nSPS) is 19.6. The maximum absolute atomic E-state index is 12.7. The van der Waals surface area contributed by atoms with Gasteiger partial charge in [0.05, 0.1) is 6.04 Å². The number of halogens is 3. The predicted molar refractivity (Wildman–Crippen MR) is 70.7 cm³/mol. The largest absolute Gasteiger partial charge is 0.433 e. The molecule has 3 nitrogen and oxygen atoms in total. The molecule has 3 rings (SSSR count). The van der Waals surface area contributed by atoms with Crippen molar-refractivity contribution >= 4 is 17.3 Å². The summed E-state index contributed by atoms with van der Waals surface area (Å²) in [6, 6.07) is 4.93. The molecule has 0 spiro atoms. The van der Waals surface area contributed by atoms with Crippen molar-refractivity contribution in [1.29, 1.82) is 0 Å². The van der Waals surface area contributed by atoms with E-state index in [1.54, 1.807) is 11.3 Å². The molecule has 20 heavy (non-hydrogen) atoms. The fraction of sp³-hybridized carbons (Fsp3) is 0.385. The zero-order valence-corrected chi connectivity index (χ0v) is 11.3. The third kappa shape index (κ3) is 2.49. The summed E-state index contributed by atoms with van der Waals surface area (Å²) in [7, 11) is 0. The highest BCUT2D eigenvalue weighted by Gasteiger charge is 2.35. The van der Waals surface area contributed by atoms with E-state index in [0.29, 0.717) is 6.54 Å². The zero-order chi connectivity index (χ0) is 14.2. The van der Waals surface area contributed by atoms with Gasteiger partial charge in [-0.15, -0.1) is 11.3 Å². The summed E-state index contributed by atoms with van der Waals surface area (Å²) in [4.78, 5) is 10.7. The maximum Gasteiger partial charge on any atom is 0.433 e. The van der Waals surface area contributed by atoms with Gasteiger partial charge >= 0.3 is 6.18 Å². The first-order chi connectivity index (χ1) is 9.55. The van der Waals surface area contributed by atoms with Crippen LogP contribution in [0, 0.1) is 0 Å². The quantitative estimate of drug-likeness (QED) is 0.842. The van der Waals surface area contributed by atoms with E-state index in [-0.39, 0.29) is 12.0 Å². The molecule has 106 valence electrons. The molecule has 1 atom stereocenters. The second kappa shape index (κ2) is 5.05. The minimum Gasteiger partial charge on any atom is -0.333 e. The van der Waals surface area contributed by atoms with Crippen molar-refractivity contribution in [3.8, 4) is 0 Å². The van der Waals surface area contributed by atoms with Crippen molar-refractivity contribution < 1.29 is 13.2 Å². The summed E-state index contributed by atoms with van der Waals surface area (Å²) >= 11 is 1.61. The molecule has 2 aromatic heterocycles. The average Bonchev–Trinajstić information content (AvgIpc) is 3.08. The fourth-order valence-corrected chi connectivity index (χ4v) is 3.30. The third-order valence-electron chi connectivity index (χ3n) is 3.31. The summed E-state index contributed by atoms with van der Waals surface area (Å²) in [6.07, 6.45) is -1.41. The van der Waals surface area contributed by atoms with E-state index in [1.807, 2.05) is 22.4 Å². The van der Waals surface area contributed by atoms with E-state index >= 15 is 0 Å². The molecule has 1 aliphatic rings. The lowest BCUT2D eigenvalue weighted by molar-refractivity contribution is -0.141. The second-order valence-electron chi connectivity index (χ2n) is 4.61. The molecule has 0 bridgehead atoms. The highest BCUT2D eigenvalue weighted by molar-refractivity contribution is 7.10. The molecule has 0 unspecified atom stereocenters. The van der Waals surface area contributed by atoms with E-state index in [1.165, 1.54) is 6.20 Å². The monoisotopic (exact) mass is 299 g/mol. The lowest BCUT2D eigenvalue weighted by atomic mass is 10.2. The Hall–Kier alpha value is -1.63. The van der Waals surface area contributed by atoms with Gasteiger partial charge in [-0.25, -0.2) is 9.97 Å². The zero-order valence-electron chi connectivity index (χ0n) is 10.5. The van der Waals surface area contributed by atoms with E-state index in [4.69, 9.17) is 0 Å². The topological polar surface area (TPSA) is 29.0 Å². The lowest BCUT2D eigenvalue weighted by Crippen LogP contribution is -2.25. The van der Waals surface area contributed by atoms with Gasteiger partial charge in [-0.2, -0.15) is 13.2 Å². The fourth-order valence-electron chi connectivity index (χ4n) is 2.43. The molecular weight excluding hydrogens is 287 g/mol. The molecule has 7 heteroatoms. The number of anilines is 1. The predicted octanol–water partition coefficient (Wildman–Crippen LogP) is 3.90. The van der Waals surface area contributed by atoms with Gasteiger partial charge in [0.25, 0.3) is 0 Å². The second-order valence-corrected chi connectivity index (χ2v) is 5.59. The van der Waals surface area contributed by atoms with Gasteiger partial charge < -0.3 is 4.90 Å². The van der Waals surface area contributed by atoms with E-state index in [2.05, 4.69) is 9.97 Å². The molecule has 0 radical (unpaired) electrons. The molecule has 0 aromatic carbocycles. The molecule has 0 N–H and O–H groups in total. The number of nitrogens with zero attached hydrogens (tertiary/aromatic N) is 3. The average molecular weight is 299 g/mol. The number of aromatic nitrogens is 2. The minimum atomic E-state index is -4.43. The summed E-state index contributed by atoms with van der Waals surface area (Å²) in [5.41, 5.74) is -0.890. The van der Waals surface area contributed by atoms with Gasteiger partial charge in [0, 0.05) is 17.6 Å². The molecule has 2 aromatic rings. The van der Waals surface area contributed by atoms with Crippen LogP contribution >= 0.6 is 11.3 Å². The van der Waals surface area contributed by atoms with Crippen LogP contribution in [0.5, 0.6) is 0 Å². The first-order valence-corrected chi connectivity index (χ1v) is 7.14. The van der Waals surface area contributed by atoms with Gasteiger partial charge in [-0.05, 0) is 30.4 Å². The van der Waals surface area contributed by atoms with Crippen LogP contribution in [0.2, 0.25) is 0 Å². The Bertz CT molecular complexity index is 583. The van der Waals surface area contributed by atoms with Crippen LogP contribution in [-0.4, -0.2) is 16.5 Å². The standard InChI is InChI=1S/C13H12F3N3S/c14-13(15,16)11-5-6-17-12(18-11)19-7-1-3-9(19)10-4-2-8-20-10/h2,4-6,8-9H,1,3,7H2/t9-/m0/s1. The maximum atomic E-state index is 12.7. The van der Waals surface area contributed by atoms with Gasteiger partial charge in [-0.1, -0.05) is 6.07 Å². The Balaban J connectivity index is 1.92. The summed E-state index contributed by atoms with van der Waals surface area (Å²) in [6.45, 7) is 0.684. The van der Waals surface area contributed by atoms with Crippen LogP contribution in [0.4, 0.5) is 19.1 Å². The van der Waals surface area contributed by atoms with Crippen LogP contribution in [0.1, 0.15) is 29.5 Å². The Kier molecular flexibility index (Phi) is 3.37. The SMILES string of the molecule is FC(F)(F)c1ccnc(N2CCC[C@H]2c2cccs2)n1. The van der Waals surface area contributed by atoms with E-state index in [0.717, 1.165) is 23.8 Å². The van der Waals surface area contributed by atoms with Crippen LogP contribution in [0.15, 0.2) is 29.8 Å². The minimum absolute atomic E-state index is 0.0819. The molecule has 3 heterocycles. The van der Waals surface area contributed by atoms with Gasteiger partial charge in [0.1, 0.15) is 5.69 Å². The molecule has 0 aliphatic carbocycles. The van der Waals surface area contributed by atoms with Gasteiger partial charge in [-0.3, -0.25) is 0 Å². The van der Waals surface area contributed by atoms with Gasteiger partial charge in [0.2, 0.25) is 5.95 Å². The number of alkyl halides is 3. The molecule has 1 fully saturated rings. The summed E-state index contributed by atoms with van der Waals surface area (Å²) in [5, 5.41) is 1.97. The Labute approximate surface area is 118 Å². The highest BCUT2D eigenvalue weighted by atomic mass is 32.1. The summed E-state index contributed by atoms with van der Waals surface area (Å²) < 4.78 is 38.2. The molecule has 1 saturated heterocycles. The highest BCUT2D eigenvalue weighted by Crippen LogP contribution is 2.37. The number of hydrogen-bond donors (Lipinski definition) is 0. The molecular formula is C13H12F3N3S. The van der Waals surface area contributed by atoms with Crippen molar-refractivity contribution in [1.82, 2.24) is 9.97 Å².